The standard InChI is InChI=1S/C21H27NO2/c1-15(2)19-9-5-17(6-10-19)13-22(21(23)24)14-18-7-11-20(12-8-18)16(3)4/h5-12,15-16H,13-14H2,1-4H3,(H,23,24). The molecule has 24 heavy (non-hydrogen) atoms. The predicted molar refractivity (Wildman–Crippen MR) is 98.3 cm³/mol. The predicted octanol–water partition coefficient (Wildman–Crippen LogP) is 5.61. The first-order chi connectivity index (χ1) is 11.4. The van der Waals surface area contributed by atoms with E-state index in [1.54, 1.807) is 0 Å². The number of amides is 1. The van der Waals surface area contributed by atoms with Gasteiger partial charge >= 0.3 is 6.09 Å². The van der Waals surface area contributed by atoms with Gasteiger partial charge in [0.2, 0.25) is 0 Å². The average molecular weight is 325 g/mol. The molecule has 1 amide bonds. The molecule has 0 aromatic heterocycles. The first-order valence-electron chi connectivity index (χ1n) is 8.52. The number of nitrogens with zero attached hydrogens (tertiary/aromatic N) is 1. The lowest BCUT2D eigenvalue weighted by atomic mass is 10.0. The lowest BCUT2D eigenvalue weighted by Crippen LogP contribution is -2.28. The van der Waals surface area contributed by atoms with E-state index in [1.807, 2.05) is 24.3 Å². The van der Waals surface area contributed by atoms with Gasteiger partial charge in [-0.05, 0) is 34.1 Å². The first kappa shape index (κ1) is 18.1. The summed E-state index contributed by atoms with van der Waals surface area (Å²) in [4.78, 5) is 13.0. The van der Waals surface area contributed by atoms with Crippen LogP contribution in [0.25, 0.3) is 0 Å². The molecule has 2 aromatic rings. The normalized spacial score (nSPS) is 11.1. The third-order valence-corrected chi connectivity index (χ3v) is 4.31. The van der Waals surface area contributed by atoms with E-state index >= 15 is 0 Å². The Labute approximate surface area is 144 Å². The van der Waals surface area contributed by atoms with Crippen molar-refractivity contribution in [3.8, 4) is 0 Å². The number of carboxylic acid groups (broad SMARTS) is 1. The zero-order chi connectivity index (χ0) is 17.7. The zero-order valence-corrected chi connectivity index (χ0v) is 15.0. The second-order valence-corrected chi connectivity index (χ2v) is 6.93. The fourth-order valence-electron chi connectivity index (χ4n) is 2.65. The summed E-state index contributed by atoms with van der Waals surface area (Å²) in [6.07, 6.45) is -0.893. The van der Waals surface area contributed by atoms with E-state index in [-0.39, 0.29) is 0 Å². The Morgan fingerprint density at radius 2 is 1.12 bits per heavy atom. The fraction of sp³-hybridized carbons (Fsp3) is 0.381. The summed E-state index contributed by atoms with van der Waals surface area (Å²) in [6.45, 7) is 9.41. The van der Waals surface area contributed by atoms with Crippen LogP contribution in [0, 0.1) is 0 Å². The first-order valence-corrected chi connectivity index (χ1v) is 8.52. The Balaban J connectivity index is 2.07. The van der Waals surface area contributed by atoms with E-state index in [0.29, 0.717) is 24.9 Å². The molecular formula is C21H27NO2. The van der Waals surface area contributed by atoms with Crippen molar-refractivity contribution in [3.63, 3.8) is 0 Å². The molecule has 0 bridgehead atoms. The Morgan fingerprint density at radius 3 is 1.38 bits per heavy atom. The summed E-state index contributed by atoms with van der Waals surface area (Å²) in [5.74, 6) is 0.961. The van der Waals surface area contributed by atoms with Gasteiger partial charge in [0.05, 0.1) is 0 Å². The summed E-state index contributed by atoms with van der Waals surface area (Å²) in [5.41, 5.74) is 4.57. The molecule has 3 heteroatoms. The van der Waals surface area contributed by atoms with Crippen molar-refractivity contribution in [2.45, 2.75) is 52.6 Å². The molecule has 0 aliphatic heterocycles. The van der Waals surface area contributed by atoms with E-state index in [2.05, 4.69) is 52.0 Å². The third kappa shape index (κ3) is 4.85. The van der Waals surface area contributed by atoms with Crippen LogP contribution in [0.5, 0.6) is 0 Å². The number of rotatable bonds is 6. The van der Waals surface area contributed by atoms with Crippen LogP contribution in [0.4, 0.5) is 4.79 Å². The van der Waals surface area contributed by atoms with Gasteiger partial charge in [-0.2, -0.15) is 0 Å². The van der Waals surface area contributed by atoms with Crippen molar-refractivity contribution in [2.75, 3.05) is 0 Å². The highest BCUT2D eigenvalue weighted by Gasteiger charge is 2.13. The maximum absolute atomic E-state index is 11.6. The van der Waals surface area contributed by atoms with Gasteiger partial charge in [0.1, 0.15) is 0 Å². The molecule has 0 saturated carbocycles. The van der Waals surface area contributed by atoms with Gasteiger partial charge in [-0.25, -0.2) is 4.79 Å². The molecule has 0 aliphatic carbocycles. The molecule has 0 aliphatic rings. The van der Waals surface area contributed by atoms with Crippen LogP contribution in [0.15, 0.2) is 48.5 Å². The van der Waals surface area contributed by atoms with Crippen molar-refractivity contribution in [2.24, 2.45) is 0 Å². The molecule has 0 unspecified atom stereocenters. The summed E-state index contributed by atoms with van der Waals surface area (Å²) in [6, 6.07) is 16.4. The van der Waals surface area contributed by atoms with Crippen LogP contribution < -0.4 is 0 Å². The van der Waals surface area contributed by atoms with Crippen LogP contribution in [-0.2, 0) is 13.1 Å². The van der Waals surface area contributed by atoms with Crippen molar-refractivity contribution >= 4 is 6.09 Å². The van der Waals surface area contributed by atoms with E-state index < -0.39 is 6.09 Å². The number of hydrogen-bond acceptors (Lipinski definition) is 1. The Hall–Kier alpha value is -2.29. The van der Waals surface area contributed by atoms with Crippen LogP contribution in [0.3, 0.4) is 0 Å². The van der Waals surface area contributed by atoms with Gasteiger partial charge < -0.3 is 5.11 Å². The van der Waals surface area contributed by atoms with Gasteiger partial charge in [0, 0.05) is 13.1 Å². The smallest absolute Gasteiger partial charge is 0.407 e. The van der Waals surface area contributed by atoms with Crippen molar-refractivity contribution in [1.82, 2.24) is 4.90 Å². The third-order valence-electron chi connectivity index (χ3n) is 4.31. The molecule has 0 radical (unpaired) electrons. The van der Waals surface area contributed by atoms with Gasteiger partial charge in [0.25, 0.3) is 0 Å². The lowest BCUT2D eigenvalue weighted by molar-refractivity contribution is 0.139. The van der Waals surface area contributed by atoms with Gasteiger partial charge in [0.15, 0.2) is 0 Å². The average Bonchev–Trinajstić information content (AvgIpc) is 2.55. The van der Waals surface area contributed by atoms with Crippen molar-refractivity contribution < 1.29 is 9.90 Å². The maximum atomic E-state index is 11.6. The molecule has 2 rings (SSSR count). The minimum atomic E-state index is -0.893. The topological polar surface area (TPSA) is 40.5 Å². The van der Waals surface area contributed by atoms with E-state index in [9.17, 15) is 9.90 Å². The molecule has 0 saturated heterocycles. The van der Waals surface area contributed by atoms with Crippen molar-refractivity contribution in [1.29, 1.82) is 0 Å². The summed E-state index contributed by atoms with van der Waals surface area (Å²) in [7, 11) is 0. The lowest BCUT2D eigenvalue weighted by Gasteiger charge is -2.20. The van der Waals surface area contributed by atoms with Crippen LogP contribution in [0.2, 0.25) is 0 Å². The zero-order valence-electron chi connectivity index (χ0n) is 15.0. The van der Waals surface area contributed by atoms with E-state index in [0.717, 1.165) is 11.1 Å². The highest BCUT2D eigenvalue weighted by atomic mass is 16.4. The molecule has 3 nitrogen and oxygen atoms in total. The van der Waals surface area contributed by atoms with Crippen LogP contribution in [-0.4, -0.2) is 16.1 Å². The minimum Gasteiger partial charge on any atom is -0.465 e. The molecule has 0 spiro atoms. The number of carbonyl (C=O) groups is 1. The Bertz CT molecular complexity index is 604. The second kappa shape index (κ2) is 8.00. The largest absolute Gasteiger partial charge is 0.465 e. The van der Waals surface area contributed by atoms with Crippen molar-refractivity contribution in [3.05, 3.63) is 70.8 Å². The maximum Gasteiger partial charge on any atom is 0.407 e. The number of hydrogen-bond donors (Lipinski definition) is 1. The SMILES string of the molecule is CC(C)c1ccc(CN(Cc2ccc(C(C)C)cc2)C(=O)O)cc1. The van der Waals surface area contributed by atoms with Crippen LogP contribution >= 0.6 is 0 Å². The highest BCUT2D eigenvalue weighted by molar-refractivity contribution is 5.65. The molecule has 128 valence electrons. The minimum absolute atomic E-state index is 0.402. The van der Waals surface area contributed by atoms with E-state index in [4.69, 9.17) is 0 Å². The molecule has 0 atom stereocenters. The van der Waals surface area contributed by atoms with Crippen LogP contribution in [0.1, 0.15) is 61.8 Å². The summed E-state index contributed by atoms with van der Waals surface area (Å²) >= 11 is 0. The number of benzene rings is 2. The second-order valence-electron chi connectivity index (χ2n) is 6.93. The van der Waals surface area contributed by atoms with Gasteiger partial charge in [-0.1, -0.05) is 76.2 Å². The molecular weight excluding hydrogens is 298 g/mol. The summed E-state index contributed by atoms with van der Waals surface area (Å²) in [5, 5.41) is 9.51. The van der Waals surface area contributed by atoms with Gasteiger partial charge in [-0.3, -0.25) is 4.90 Å². The monoisotopic (exact) mass is 325 g/mol. The Kier molecular flexibility index (Phi) is 6.02. The Morgan fingerprint density at radius 1 is 0.792 bits per heavy atom. The quantitative estimate of drug-likeness (QED) is 0.749. The molecule has 0 fully saturated rings. The molecule has 2 aromatic carbocycles. The summed E-state index contributed by atoms with van der Waals surface area (Å²) < 4.78 is 0. The highest BCUT2D eigenvalue weighted by Crippen LogP contribution is 2.18. The van der Waals surface area contributed by atoms with E-state index in [1.165, 1.54) is 16.0 Å². The molecule has 0 heterocycles. The molecule has 1 N–H and O–H groups in total. The van der Waals surface area contributed by atoms with Gasteiger partial charge in [-0.15, -0.1) is 0 Å². The fourth-order valence-corrected chi connectivity index (χ4v) is 2.65.